The summed E-state index contributed by atoms with van der Waals surface area (Å²) in [6, 6.07) is 12.7. The molecule has 0 aliphatic heterocycles. The van der Waals surface area contributed by atoms with Crippen LogP contribution in [0.15, 0.2) is 59.4 Å². The second kappa shape index (κ2) is 14.4. The molecular formula is C28H35F3N2O4P+. The summed E-state index contributed by atoms with van der Waals surface area (Å²) in [5, 5.41) is 6.71. The molecule has 10 heteroatoms. The van der Waals surface area contributed by atoms with Gasteiger partial charge in [-0.25, -0.2) is 0 Å². The molecule has 0 fully saturated rings. The normalized spacial score (nSPS) is 12.2. The van der Waals surface area contributed by atoms with Gasteiger partial charge < -0.3 is 15.1 Å². The number of hydrogen-bond acceptors (Lipinski definition) is 5. The summed E-state index contributed by atoms with van der Waals surface area (Å²) in [5.41, 5.74) is 4.37. The van der Waals surface area contributed by atoms with Gasteiger partial charge in [-0.05, 0) is 79.1 Å². The summed E-state index contributed by atoms with van der Waals surface area (Å²) in [6.07, 6.45) is 1.15. The van der Waals surface area contributed by atoms with E-state index in [1.807, 2.05) is 38.1 Å². The molecule has 0 aliphatic carbocycles. The van der Waals surface area contributed by atoms with Crippen LogP contribution in [0.3, 0.4) is 0 Å². The quantitative estimate of drug-likeness (QED) is 0.135. The highest BCUT2D eigenvalue weighted by atomic mass is 31.1. The lowest BCUT2D eigenvalue weighted by molar-refractivity contribution is -0.138. The summed E-state index contributed by atoms with van der Waals surface area (Å²) >= 11 is 0. The Morgan fingerprint density at radius 2 is 1.84 bits per heavy atom. The monoisotopic (exact) mass is 551 g/mol. The molecular weight excluding hydrogens is 516 g/mol. The van der Waals surface area contributed by atoms with Crippen LogP contribution in [0.5, 0.6) is 0 Å². The third kappa shape index (κ3) is 9.55. The number of hydrogen-bond donors (Lipinski definition) is 3. The molecule has 2 aromatic carbocycles. The number of aryl methyl sites for hydroxylation is 1. The van der Waals surface area contributed by atoms with E-state index in [1.54, 1.807) is 18.6 Å². The fourth-order valence-corrected chi connectivity index (χ4v) is 4.55. The third-order valence-electron chi connectivity index (χ3n) is 6.01. The van der Waals surface area contributed by atoms with E-state index >= 15 is 0 Å². The Hall–Kier alpha value is -2.71. The van der Waals surface area contributed by atoms with Gasteiger partial charge in [-0.2, -0.15) is 13.2 Å². The standard InChI is InChI=1S/C28H34F3N2O4P/c1-20(2)15-23-8-6-21(17-26(23)28(29,30)31)5-3-12-33-27-9-7-22(16-25(27)24-10-14-36-19-24)18-32-11-4-13-37-38(34)35/h6-10,14,16-17,19-20,32-33H,3-5,11-13,15,18H2,1-2H3/p+1. The molecule has 3 N–H and O–H groups in total. The van der Waals surface area contributed by atoms with E-state index < -0.39 is 20.0 Å². The third-order valence-corrected chi connectivity index (χ3v) is 6.41. The zero-order valence-electron chi connectivity index (χ0n) is 21.7. The lowest BCUT2D eigenvalue weighted by atomic mass is 9.94. The highest BCUT2D eigenvalue weighted by Crippen LogP contribution is 2.34. The minimum Gasteiger partial charge on any atom is -0.472 e. The molecule has 0 radical (unpaired) electrons. The van der Waals surface area contributed by atoms with Crippen molar-refractivity contribution in [3.05, 3.63) is 77.2 Å². The van der Waals surface area contributed by atoms with Crippen molar-refractivity contribution in [1.82, 2.24) is 5.32 Å². The molecule has 206 valence electrons. The molecule has 1 aromatic heterocycles. The number of anilines is 1. The molecule has 38 heavy (non-hydrogen) atoms. The van der Waals surface area contributed by atoms with Crippen LogP contribution in [0.1, 0.15) is 48.9 Å². The van der Waals surface area contributed by atoms with E-state index in [2.05, 4.69) is 21.2 Å². The van der Waals surface area contributed by atoms with E-state index in [0.717, 1.165) is 22.4 Å². The second-order valence-electron chi connectivity index (χ2n) is 9.61. The number of halogens is 3. The summed E-state index contributed by atoms with van der Waals surface area (Å²) in [7, 11) is -2.56. The first kappa shape index (κ1) is 29.8. The highest BCUT2D eigenvalue weighted by molar-refractivity contribution is 7.32. The van der Waals surface area contributed by atoms with Crippen LogP contribution in [0.25, 0.3) is 11.1 Å². The first-order chi connectivity index (χ1) is 18.1. The van der Waals surface area contributed by atoms with Crippen molar-refractivity contribution in [2.75, 3.05) is 25.0 Å². The van der Waals surface area contributed by atoms with Crippen LogP contribution in [0.2, 0.25) is 0 Å². The van der Waals surface area contributed by atoms with Crippen LogP contribution in [-0.4, -0.2) is 24.6 Å². The van der Waals surface area contributed by atoms with E-state index in [1.165, 1.54) is 6.07 Å². The molecule has 0 spiro atoms. The maximum Gasteiger partial charge on any atom is 0.694 e. The SMILES string of the molecule is CC(C)Cc1ccc(CCCNc2ccc(CNCCCO[P+](=O)O)cc2-c2ccoc2)cc1C(F)(F)F. The molecule has 0 bridgehead atoms. The van der Waals surface area contributed by atoms with Gasteiger partial charge >= 0.3 is 14.4 Å². The molecule has 1 atom stereocenters. The van der Waals surface area contributed by atoms with Gasteiger partial charge in [0.05, 0.1) is 18.1 Å². The predicted molar refractivity (Wildman–Crippen MR) is 143 cm³/mol. The average Bonchev–Trinajstić information content (AvgIpc) is 3.39. The molecule has 0 amide bonds. The molecule has 0 saturated heterocycles. The maximum absolute atomic E-state index is 13.6. The fourth-order valence-electron chi connectivity index (χ4n) is 4.26. The number of benzene rings is 2. The predicted octanol–water partition coefficient (Wildman–Crippen LogP) is 7.35. The van der Waals surface area contributed by atoms with Crippen LogP contribution in [0.4, 0.5) is 18.9 Å². The molecule has 0 aliphatic rings. The van der Waals surface area contributed by atoms with Gasteiger partial charge in [-0.3, -0.25) is 0 Å². The molecule has 0 saturated carbocycles. The summed E-state index contributed by atoms with van der Waals surface area (Å²) < 4.78 is 61.3. The number of rotatable bonds is 15. The van der Waals surface area contributed by atoms with E-state index in [9.17, 15) is 17.7 Å². The lowest BCUT2D eigenvalue weighted by Crippen LogP contribution is -2.16. The molecule has 1 unspecified atom stereocenters. The van der Waals surface area contributed by atoms with Crippen LogP contribution in [0, 0.1) is 5.92 Å². The van der Waals surface area contributed by atoms with Gasteiger partial charge in [0.1, 0.15) is 6.61 Å². The first-order valence-electron chi connectivity index (χ1n) is 12.7. The van der Waals surface area contributed by atoms with Crippen molar-refractivity contribution in [2.24, 2.45) is 5.92 Å². The van der Waals surface area contributed by atoms with E-state index in [0.29, 0.717) is 56.4 Å². The summed E-state index contributed by atoms with van der Waals surface area (Å²) in [4.78, 5) is 8.66. The van der Waals surface area contributed by atoms with Crippen molar-refractivity contribution in [2.45, 2.75) is 52.3 Å². The topological polar surface area (TPSA) is 83.7 Å². The average molecular weight is 552 g/mol. The van der Waals surface area contributed by atoms with Crippen molar-refractivity contribution in [3.8, 4) is 11.1 Å². The fraction of sp³-hybridized carbons (Fsp3) is 0.429. The number of furan rings is 1. The minimum atomic E-state index is -4.36. The Morgan fingerprint density at radius 3 is 2.53 bits per heavy atom. The smallest absolute Gasteiger partial charge is 0.472 e. The summed E-state index contributed by atoms with van der Waals surface area (Å²) in [5.74, 6) is 0.151. The second-order valence-corrected chi connectivity index (χ2v) is 10.3. The van der Waals surface area contributed by atoms with Gasteiger partial charge in [-0.1, -0.05) is 32.0 Å². The molecule has 3 aromatic rings. The largest absolute Gasteiger partial charge is 0.694 e. The van der Waals surface area contributed by atoms with Crippen LogP contribution in [-0.2, 0) is 34.7 Å². The maximum atomic E-state index is 13.6. The highest BCUT2D eigenvalue weighted by Gasteiger charge is 2.33. The molecule has 6 nitrogen and oxygen atoms in total. The van der Waals surface area contributed by atoms with Crippen molar-refractivity contribution in [1.29, 1.82) is 0 Å². The van der Waals surface area contributed by atoms with Crippen LogP contribution < -0.4 is 10.6 Å². The van der Waals surface area contributed by atoms with Gasteiger partial charge in [0.25, 0.3) is 0 Å². The van der Waals surface area contributed by atoms with Crippen molar-refractivity contribution >= 4 is 13.9 Å². The Morgan fingerprint density at radius 1 is 1.05 bits per heavy atom. The van der Waals surface area contributed by atoms with Gasteiger partial charge in [0, 0.05) is 34.5 Å². The zero-order chi connectivity index (χ0) is 27.5. The van der Waals surface area contributed by atoms with Gasteiger partial charge in [0.2, 0.25) is 0 Å². The number of alkyl halides is 3. The Kier molecular flexibility index (Phi) is 11.3. The van der Waals surface area contributed by atoms with E-state index in [4.69, 9.17) is 9.31 Å². The Balaban J connectivity index is 1.58. The zero-order valence-corrected chi connectivity index (χ0v) is 22.6. The molecule has 1 heterocycles. The summed E-state index contributed by atoms with van der Waals surface area (Å²) in [6.45, 7) is 5.90. The lowest BCUT2D eigenvalue weighted by Gasteiger charge is -2.16. The molecule has 3 rings (SSSR count). The Labute approximate surface area is 222 Å². The van der Waals surface area contributed by atoms with Crippen molar-refractivity contribution in [3.63, 3.8) is 0 Å². The van der Waals surface area contributed by atoms with E-state index in [-0.39, 0.29) is 12.5 Å². The first-order valence-corrected chi connectivity index (χ1v) is 13.8. The van der Waals surface area contributed by atoms with Crippen molar-refractivity contribution < 1.29 is 31.6 Å². The Bertz CT molecular complexity index is 1170. The van der Waals surface area contributed by atoms with Gasteiger partial charge in [-0.15, -0.1) is 9.42 Å². The van der Waals surface area contributed by atoms with Crippen LogP contribution >= 0.6 is 8.25 Å². The number of nitrogens with one attached hydrogen (secondary N) is 2. The van der Waals surface area contributed by atoms with Gasteiger partial charge in [0.15, 0.2) is 0 Å². The minimum absolute atomic E-state index is 0.151.